The first-order valence-corrected chi connectivity index (χ1v) is 5.64. The van der Waals surface area contributed by atoms with Gasteiger partial charge in [-0.1, -0.05) is 18.7 Å². The summed E-state index contributed by atoms with van der Waals surface area (Å²) in [5.74, 6) is -1.09. The van der Waals surface area contributed by atoms with Crippen LogP contribution in [0, 0.1) is 0 Å². The van der Waals surface area contributed by atoms with Crippen molar-refractivity contribution in [3.05, 3.63) is 17.8 Å². The van der Waals surface area contributed by atoms with Crippen LogP contribution in [0.15, 0.2) is 17.2 Å². The van der Waals surface area contributed by atoms with Crippen LogP contribution in [0.25, 0.3) is 0 Å². The number of aliphatic hydroxyl groups is 1. The molecule has 1 rings (SSSR count). The lowest BCUT2D eigenvalue weighted by Gasteiger charge is -2.14. The topological polar surface area (TPSA) is 96.4 Å². The standard InChI is InChI=1S/C10H14N2O3S/c1-5(13)6(2)16-9-7(11)3-4-8(12-9)10(14)15/h3-6,13H,11H2,1-2H3,(H,14,15). The van der Waals surface area contributed by atoms with Crippen LogP contribution >= 0.6 is 11.8 Å². The summed E-state index contributed by atoms with van der Waals surface area (Å²) in [6.45, 7) is 3.48. The fraction of sp³-hybridized carbons (Fsp3) is 0.400. The highest BCUT2D eigenvalue weighted by Gasteiger charge is 2.15. The molecule has 1 aromatic rings. The molecule has 0 amide bonds. The molecule has 0 saturated heterocycles. The van der Waals surface area contributed by atoms with Crippen molar-refractivity contribution >= 4 is 23.4 Å². The van der Waals surface area contributed by atoms with Crippen LogP contribution in [0.3, 0.4) is 0 Å². The Morgan fingerprint density at radius 3 is 2.62 bits per heavy atom. The summed E-state index contributed by atoms with van der Waals surface area (Å²) in [6.07, 6.45) is -0.514. The van der Waals surface area contributed by atoms with E-state index in [1.54, 1.807) is 6.92 Å². The van der Waals surface area contributed by atoms with Crippen LogP contribution in [0.4, 0.5) is 5.69 Å². The molecule has 88 valence electrons. The molecule has 0 aliphatic rings. The molecule has 0 aliphatic heterocycles. The van der Waals surface area contributed by atoms with Gasteiger partial charge in [-0.3, -0.25) is 0 Å². The predicted molar refractivity (Wildman–Crippen MR) is 62.6 cm³/mol. The van der Waals surface area contributed by atoms with Crippen LogP contribution in [-0.2, 0) is 0 Å². The number of carboxylic acids is 1. The normalized spacial score (nSPS) is 14.4. The number of pyridine rings is 1. The lowest BCUT2D eigenvalue weighted by molar-refractivity contribution is 0.0690. The highest BCUT2D eigenvalue weighted by atomic mass is 32.2. The predicted octanol–water partition coefficient (Wildman–Crippen LogP) is 1.22. The van der Waals surface area contributed by atoms with E-state index in [9.17, 15) is 9.90 Å². The maximum absolute atomic E-state index is 10.7. The Balaban J connectivity index is 2.94. The number of nitrogens with zero attached hydrogens (tertiary/aromatic N) is 1. The summed E-state index contributed by atoms with van der Waals surface area (Å²) in [5, 5.41) is 18.5. The lowest BCUT2D eigenvalue weighted by Crippen LogP contribution is -2.16. The van der Waals surface area contributed by atoms with Crippen molar-refractivity contribution in [3.63, 3.8) is 0 Å². The van der Waals surface area contributed by atoms with Gasteiger partial charge in [-0.15, -0.1) is 0 Å². The number of aromatic carboxylic acids is 1. The summed E-state index contributed by atoms with van der Waals surface area (Å²) >= 11 is 1.26. The second kappa shape index (κ2) is 5.18. The van der Waals surface area contributed by atoms with Crippen LogP contribution in [0.2, 0.25) is 0 Å². The van der Waals surface area contributed by atoms with E-state index in [2.05, 4.69) is 4.98 Å². The molecule has 1 heterocycles. The number of nitrogen functional groups attached to an aromatic ring is 1. The maximum Gasteiger partial charge on any atom is 0.354 e. The first-order valence-electron chi connectivity index (χ1n) is 4.76. The molecule has 0 bridgehead atoms. The van der Waals surface area contributed by atoms with E-state index in [0.717, 1.165) is 0 Å². The second-order valence-electron chi connectivity index (χ2n) is 3.46. The van der Waals surface area contributed by atoms with Gasteiger partial charge >= 0.3 is 5.97 Å². The van der Waals surface area contributed by atoms with E-state index in [4.69, 9.17) is 10.8 Å². The third-order valence-corrected chi connectivity index (χ3v) is 3.40. The summed E-state index contributed by atoms with van der Waals surface area (Å²) in [5.41, 5.74) is 6.05. The SMILES string of the molecule is CC(O)C(C)Sc1nc(C(=O)O)ccc1N. The van der Waals surface area contributed by atoms with Crippen molar-refractivity contribution in [2.45, 2.75) is 30.2 Å². The molecule has 0 fully saturated rings. The van der Waals surface area contributed by atoms with E-state index in [1.165, 1.54) is 23.9 Å². The third kappa shape index (κ3) is 3.11. The Morgan fingerprint density at radius 1 is 1.50 bits per heavy atom. The number of hydrogen-bond acceptors (Lipinski definition) is 5. The zero-order chi connectivity index (χ0) is 12.3. The average molecular weight is 242 g/mol. The van der Waals surface area contributed by atoms with Gasteiger partial charge in [0.2, 0.25) is 0 Å². The molecule has 1 aromatic heterocycles. The van der Waals surface area contributed by atoms with Gasteiger partial charge in [-0.05, 0) is 19.1 Å². The second-order valence-corrected chi connectivity index (χ2v) is 4.83. The molecule has 4 N–H and O–H groups in total. The van der Waals surface area contributed by atoms with Crippen molar-refractivity contribution in [2.75, 3.05) is 5.73 Å². The quantitative estimate of drug-likeness (QED) is 0.687. The minimum atomic E-state index is -1.09. The minimum Gasteiger partial charge on any atom is -0.477 e. The minimum absolute atomic E-state index is 0.0468. The molecule has 0 radical (unpaired) electrons. The number of hydrogen-bond donors (Lipinski definition) is 3. The number of aromatic nitrogens is 1. The number of thioether (sulfide) groups is 1. The molecule has 2 unspecified atom stereocenters. The number of carboxylic acid groups (broad SMARTS) is 1. The van der Waals surface area contributed by atoms with Crippen LogP contribution < -0.4 is 5.73 Å². The zero-order valence-corrected chi connectivity index (χ0v) is 9.86. The molecule has 16 heavy (non-hydrogen) atoms. The van der Waals surface area contributed by atoms with Gasteiger partial charge < -0.3 is 15.9 Å². The molecular weight excluding hydrogens is 228 g/mol. The first-order chi connectivity index (χ1) is 7.41. The molecule has 6 heteroatoms. The summed E-state index contributed by atoms with van der Waals surface area (Å²) in [6, 6.07) is 2.86. The number of carbonyl (C=O) groups is 1. The number of aliphatic hydroxyl groups excluding tert-OH is 1. The summed E-state index contributed by atoms with van der Waals surface area (Å²) < 4.78 is 0. The van der Waals surface area contributed by atoms with E-state index >= 15 is 0 Å². The number of anilines is 1. The van der Waals surface area contributed by atoms with Crippen LogP contribution in [-0.4, -0.2) is 32.5 Å². The van der Waals surface area contributed by atoms with Crippen molar-refractivity contribution in [1.82, 2.24) is 4.98 Å². The maximum atomic E-state index is 10.7. The van der Waals surface area contributed by atoms with Crippen LogP contribution in [0.5, 0.6) is 0 Å². The Bertz CT molecular complexity index is 396. The summed E-state index contributed by atoms with van der Waals surface area (Å²) in [4.78, 5) is 14.6. The summed E-state index contributed by atoms with van der Waals surface area (Å²) in [7, 11) is 0. The molecule has 0 spiro atoms. The fourth-order valence-corrected chi connectivity index (χ4v) is 1.84. The van der Waals surface area contributed by atoms with Gasteiger partial charge in [0.1, 0.15) is 10.7 Å². The Kier molecular flexibility index (Phi) is 4.14. The average Bonchev–Trinajstić information content (AvgIpc) is 2.20. The Morgan fingerprint density at radius 2 is 2.12 bits per heavy atom. The molecule has 5 nitrogen and oxygen atoms in total. The lowest BCUT2D eigenvalue weighted by atomic mass is 10.3. The van der Waals surface area contributed by atoms with Crippen molar-refractivity contribution in [2.24, 2.45) is 0 Å². The fourth-order valence-electron chi connectivity index (χ4n) is 0.939. The molecule has 0 aromatic carbocycles. The van der Waals surface area contributed by atoms with Gasteiger partial charge in [0.05, 0.1) is 11.8 Å². The first kappa shape index (κ1) is 12.8. The van der Waals surface area contributed by atoms with E-state index in [1.807, 2.05) is 6.92 Å². The van der Waals surface area contributed by atoms with Crippen LogP contribution in [0.1, 0.15) is 24.3 Å². The molecule has 0 saturated carbocycles. The molecule has 2 atom stereocenters. The van der Waals surface area contributed by atoms with Gasteiger partial charge in [0.15, 0.2) is 0 Å². The van der Waals surface area contributed by atoms with E-state index in [-0.39, 0.29) is 10.9 Å². The van der Waals surface area contributed by atoms with Crippen molar-refractivity contribution < 1.29 is 15.0 Å². The number of nitrogens with two attached hydrogens (primary N) is 1. The van der Waals surface area contributed by atoms with Gasteiger partial charge in [0.25, 0.3) is 0 Å². The van der Waals surface area contributed by atoms with E-state index in [0.29, 0.717) is 10.7 Å². The van der Waals surface area contributed by atoms with Gasteiger partial charge in [-0.2, -0.15) is 0 Å². The Hall–Kier alpha value is -1.27. The highest BCUT2D eigenvalue weighted by molar-refractivity contribution is 8.00. The smallest absolute Gasteiger partial charge is 0.354 e. The number of rotatable bonds is 4. The highest BCUT2D eigenvalue weighted by Crippen LogP contribution is 2.28. The van der Waals surface area contributed by atoms with E-state index < -0.39 is 12.1 Å². The van der Waals surface area contributed by atoms with Gasteiger partial charge in [0, 0.05) is 5.25 Å². The van der Waals surface area contributed by atoms with Crippen molar-refractivity contribution in [1.29, 1.82) is 0 Å². The largest absolute Gasteiger partial charge is 0.477 e. The monoisotopic (exact) mass is 242 g/mol. The Labute approximate surface area is 97.7 Å². The molecular formula is C10H14N2O3S. The zero-order valence-electron chi connectivity index (χ0n) is 9.04. The van der Waals surface area contributed by atoms with Gasteiger partial charge in [-0.25, -0.2) is 9.78 Å². The van der Waals surface area contributed by atoms with Crippen molar-refractivity contribution in [3.8, 4) is 0 Å². The molecule has 0 aliphatic carbocycles. The third-order valence-electron chi connectivity index (χ3n) is 2.09.